The van der Waals surface area contributed by atoms with Crippen molar-refractivity contribution in [2.24, 2.45) is 0 Å². The lowest BCUT2D eigenvalue weighted by molar-refractivity contribution is 1.30. The van der Waals surface area contributed by atoms with Gasteiger partial charge >= 0.3 is 0 Å². The summed E-state index contributed by atoms with van der Waals surface area (Å²) in [5, 5.41) is 5.01. The summed E-state index contributed by atoms with van der Waals surface area (Å²) in [4.78, 5) is 0. The molecule has 4 aromatic carbocycles. The third-order valence-corrected chi connectivity index (χ3v) is 6.26. The minimum Gasteiger partial charge on any atom is -0.307 e. The third-order valence-electron chi connectivity index (χ3n) is 6.26. The second-order valence-corrected chi connectivity index (χ2v) is 7.88. The Kier molecular flexibility index (Phi) is 3.03. The molecule has 0 saturated carbocycles. The van der Waals surface area contributed by atoms with Crippen LogP contribution in [0.4, 0.5) is 0 Å². The predicted molar refractivity (Wildman–Crippen MR) is 127 cm³/mol. The molecule has 30 heavy (non-hydrogen) atoms. The second kappa shape index (κ2) is 5.74. The van der Waals surface area contributed by atoms with Crippen molar-refractivity contribution in [3.63, 3.8) is 0 Å². The number of benzene rings is 4. The molecule has 0 saturated heterocycles. The summed E-state index contributed by atoms with van der Waals surface area (Å²) in [6.07, 6.45) is 0. The fraction of sp³-hybridized carbons (Fsp3) is 0. The van der Waals surface area contributed by atoms with Gasteiger partial charge in [0.2, 0.25) is 0 Å². The van der Waals surface area contributed by atoms with Gasteiger partial charge in [0.25, 0.3) is 0 Å². The van der Waals surface area contributed by atoms with Gasteiger partial charge in [-0.1, -0.05) is 72.8 Å². The van der Waals surface area contributed by atoms with Gasteiger partial charge in [-0.25, -0.2) is 0 Å². The van der Waals surface area contributed by atoms with E-state index in [1.807, 2.05) is 0 Å². The van der Waals surface area contributed by atoms with E-state index in [2.05, 4.69) is 118 Å². The van der Waals surface area contributed by atoms with Crippen molar-refractivity contribution in [1.29, 1.82) is 0 Å². The van der Waals surface area contributed by atoms with Crippen molar-refractivity contribution in [3.8, 4) is 0 Å². The first kappa shape index (κ1) is 15.8. The summed E-state index contributed by atoms with van der Waals surface area (Å²) in [7, 11) is 0. The number of hydrogen-bond donors (Lipinski definition) is 0. The van der Waals surface area contributed by atoms with Crippen LogP contribution in [0.25, 0.3) is 54.6 Å². The van der Waals surface area contributed by atoms with E-state index >= 15 is 0 Å². The molecule has 0 N–H and O–H groups in total. The van der Waals surface area contributed by atoms with Crippen LogP contribution in [0.5, 0.6) is 0 Å². The highest BCUT2D eigenvalue weighted by molar-refractivity contribution is 6.10. The van der Waals surface area contributed by atoms with E-state index in [0.717, 1.165) is 0 Å². The Morgan fingerprint density at radius 3 is 1.17 bits per heavy atom. The molecule has 3 heterocycles. The van der Waals surface area contributed by atoms with E-state index in [9.17, 15) is 0 Å². The van der Waals surface area contributed by atoms with Gasteiger partial charge in [-0.2, -0.15) is 0 Å². The Morgan fingerprint density at radius 2 is 0.700 bits per heavy atom. The van der Waals surface area contributed by atoms with Crippen LogP contribution in [-0.4, -0.2) is 8.80 Å². The molecule has 3 aromatic heterocycles. The zero-order valence-electron chi connectivity index (χ0n) is 16.3. The lowest BCUT2D eigenvalue weighted by Gasteiger charge is -2.09. The summed E-state index contributed by atoms with van der Waals surface area (Å²) in [5.74, 6) is 0. The Balaban J connectivity index is 1.99. The lowest BCUT2D eigenvalue weighted by atomic mass is 10.1. The molecule has 140 valence electrons. The molecule has 0 bridgehead atoms. The average Bonchev–Trinajstić information content (AvgIpc) is 3.36. The van der Waals surface area contributed by atoms with Crippen molar-refractivity contribution >= 4 is 54.6 Å². The van der Waals surface area contributed by atoms with Gasteiger partial charge in [-0.05, 0) is 36.4 Å². The molecule has 0 amide bonds. The van der Waals surface area contributed by atoms with Gasteiger partial charge in [0.15, 0.2) is 0 Å². The van der Waals surface area contributed by atoms with Gasteiger partial charge in [0.1, 0.15) is 0 Å². The molecule has 0 spiro atoms. The molecule has 0 unspecified atom stereocenters. The second-order valence-electron chi connectivity index (χ2n) is 7.88. The van der Waals surface area contributed by atoms with Crippen LogP contribution in [0.15, 0.2) is 109 Å². The first-order chi connectivity index (χ1) is 14.9. The highest BCUT2D eigenvalue weighted by Crippen LogP contribution is 2.33. The SMILES string of the molecule is c1ccc2c(c1)cc1c3cc4ccccc4n3c3ccccc3c3ccccc3n21. The topological polar surface area (TPSA) is 8.82 Å². The maximum absolute atomic E-state index is 2.42. The molecule has 0 aliphatic carbocycles. The van der Waals surface area contributed by atoms with E-state index in [0.29, 0.717) is 0 Å². The molecule has 0 radical (unpaired) electrons. The number of nitrogens with zero attached hydrogens (tertiary/aromatic N) is 2. The van der Waals surface area contributed by atoms with Crippen molar-refractivity contribution in [2.45, 2.75) is 0 Å². The van der Waals surface area contributed by atoms with Crippen molar-refractivity contribution in [2.75, 3.05) is 0 Å². The Hall–Kier alpha value is -4.04. The first-order valence-corrected chi connectivity index (χ1v) is 10.3. The Bertz CT molecular complexity index is 1660. The molecular formula is C28H18N2. The van der Waals surface area contributed by atoms with Crippen LogP contribution in [-0.2, 0) is 0 Å². The fourth-order valence-electron chi connectivity index (χ4n) is 5.00. The third kappa shape index (κ3) is 1.98. The molecule has 2 heteroatoms. The minimum absolute atomic E-state index is 1.22. The first-order valence-electron chi connectivity index (χ1n) is 10.3. The van der Waals surface area contributed by atoms with Crippen LogP contribution in [0.2, 0.25) is 0 Å². The maximum atomic E-state index is 2.42. The van der Waals surface area contributed by atoms with Gasteiger partial charge in [-0.3, -0.25) is 0 Å². The molecule has 0 fully saturated rings. The predicted octanol–water partition coefficient (Wildman–Crippen LogP) is 7.37. The summed E-state index contributed by atoms with van der Waals surface area (Å²) in [5.41, 5.74) is 7.34. The van der Waals surface area contributed by atoms with Crippen LogP contribution < -0.4 is 0 Å². The number of para-hydroxylation sites is 4. The molecule has 0 atom stereocenters. The Morgan fingerprint density at radius 1 is 0.333 bits per heavy atom. The van der Waals surface area contributed by atoms with Crippen LogP contribution in [0, 0.1) is 0 Å². The quantitative estimate of drug-likeness (QED) is 0.259. The summed E-state index contributed by atoms with van der Waals surface area (Å²) >= 11 is 0. The molecule has 2 nitrogen and oxygen atoms in total. The number of hydrogen-bond acceptors (Lipinski definition) is 0. The standard InChI is InChI=1S/C28H18N2/c1-5-13-23-19(9-1)17-27-28-18-20-10-2-6-14-24(20)30(28)26-16-8-4-12-22(26)21-11-3-7-15-25(21)29(23)27/h1-18H. The zero-order valence-corrected chi connectivity index (χ0v) is 16.3. The monoisotopic (exact) mass is 382 g/mol. The van der Waals surface area contributed by atoms with E-state index in [1.54, 1.807) is 0 Å². The van der Waals surface area contributed by atoms with Crippen molar-refractivity contribution in [1.82, 2.24) is 8.80 Å². The number of aromatic nitrogens is 2. The highest BCUT2D eigenvalue weighted by atomic mass is 15.0. The highest BCUT2D eigenvalue weighted by Gasteiger charge is 2.13. The van der Waals surface area contributed by atoms with E-state index in [-0.39, 0.29) is 0 Å². The number of fused-ring (bicyclic) bond motifs is 12. The normalized spacial score (nSPS) is 12.0. The smallest absolute Gasteiger partial charge is 0.0709 e. The molecular weight excluding hydrogens is 364 g/mol. The van der Waals surface area contributed by atoms with Gasteiger partial charge in [-0.15, -0.1) is 0 Å². The summed E-state index contributed by atoms with van der Waals surface area (Å²) < 4.78 is 4.84. The molecule has 0 aliphatic heterocycles. The van der Waals surface area contributed by atoms with Gasteiger partial charge < -0.3 is 8.80 Å². The summed E-state index contributed by atoms with van der Waals surface area (Å²) in [6.45, 7) is 0. The summed E-state index contributed by atoms with van der Waals surface area (Å²) in [6, 6.07) is 39.5. The van der Waals surface area contributed by atoms with Crippen molar-refractivity contribution < 1.29 is 0 Å². The van der Waals surface area contributed by atoms with Crippen LogP contribution in [0.1, 0.15) is 0 Å². The average molecular weight is 382 g/mol. The lowest BCUT2D eigenvalue weighted by Crippen LogP contribution is -1.92. The maximum Gasteiger partial charge on any atom is 0.0709 e. The van der Waals surface area contributed by atoms with Crippen LogP contribution in [0.3, 0.4) is 0 Å². The Labute approximate surface area is 172 Å². The zero-order chi connectivity index (χ0) is 19.7. The fourth-order valence-corrected chi connectivity index (χ4v) is 5.00. The molecule has 0 aliphatic rings. The van der Waals surface area contributed by atoms with Crippen molar-refractivity contribution in [3.05, 3.63) is 109 Å². The minimum atomic E-state index is 1.22. The largest absolute Gasteiger partial charge is 0.307 e. The molecule has 7 rings (SSSR count). The number of rotatable bonds is 0. The van der Waals surface area contributed by atoms with Crippen LogP contribution >= 0.6 is 0 Å². The van der Waals surface area contributed by atoms with E-state index < -0.39 is 0 Å². The van der Waals surface area contributed by atoms with Gasteiger partial charge in [0.05, 0.1) is 33.1 Å². The van der Waals surface area contributed by atoms with E-state index in [4.69, 9.17) is 0 Å². The van der Waals surface area contributed by atoms with E-state index in [1.165, 1.54) is 54.6 Å². The molecule has 7 aromatic rings. The van der Waals surface area contributed by atoms with Gasteiger partial charge in [0, 0.05) is 21.5 Å².